The number of anilines is 1. The van der Waals surface area contributed by atoms with E-state index < -0.39 is 5.97 Å². The fourth-order valence-corrected chi connectivity index (χ4v) is 6.00. The first-order chi connectivity index (χ1) is 12.5. The molecular formula is C21H19ClFNO2. The molecule has 134 valence electrons. The summed E-state index contributed by atoms with van der Waals surface area (Å²) in [7, 11) is 0. The summed E-state index contributed by atoms with van der Waals surface area (Å²) < 4.78 is 14.7. The summed E-state index contributed by atoms with van der Waals surface area (Å²) in [5, 5.41) is 13.3. The molecule has 26 heavy (non-hydrogen) atoms. The molecule has 2 N–H and O–H groups in total. The summed E-state index contributed by atoms with van der Waals surface area (Å²) >= 11 is 6.39. The lowest BCUT2D eigenvalue weighted by atomic mass is 9.68. The van der Waals surface area contributed by atoms with E-state index in [4.69, 9.17) is 11.6 Å². The number of nitrogens with one attached hydrogen (secondary N) is 1. The van der Waals surface area contributed by atoms with Gasteiger partial charge in [-0.15, -0.1) is 0 Å². The molecule has 2 saturated carbocycles. The fraction of sp³-hybridized carbons (Fsp3) is 0.381. The van der Waals surface area contributed by atoms with Gasteiger partial charge in [0.05, 0.1) is 11.6 Å². The number of hydrogen-bond donors (Lipinski definition) is 2. The molecule has 5 heteroatoms. The van der Waals surface area contributed by atoms with Crippen molar-refractivity contribution in [1.29, 1.82) is 0 Å². The molecule has 1 heterocycles. The molecule has 5 rings (SSSR count). The van der Waals surface area contributed by atoms with E-state index in [0.717, 1.165) is 24.1 Å². The number of rotatable bonds is 2. The van der Waals surface area contributed by atoms with Gasteiger partial charge in [0, 0.05) is 16.3 Å². The molecule has 2 aliphatic carbocycles. The summed E-state index contributed by atoms with van der Waals surface area (Å²) in [5.74, 6) is 0.404. The van der Waals surface area contributed by atoms with Gasteiger partial charge < -0.3 is 10.4 Å². The Balaban J connectivity index is 1.67. The summed E-state index contributed by atoms with van der Waals surface area (Å²) in [5.41, 5.74) is 2.85. The zero-order valence-electron chi connectivity index (χ0n) is 14.1. The first kappa shape index (κ1) is 16.1. The second-order valence-electron chi connectivity index (χ2n) is 7.80. The second kappa shape index (κ2) is 5.71. The Morgan fingerprint density at radius 1 is 1.19 bits per heavy atom. The number of carboxylic acids is 1. The summed E-state index contributed by atoms with van der Waals surface area (Å²) in [6.45, 7) is 0. The highest BCUT2D eigenvalue weighted by atomic mass is 35.5. The molecule has 0 spiro atoms. The van der Waals surface area contributed by atoms with Gasteiger partial charge in [0.15, 0.2) is 0 Å². The van der Waals surface area contributed by atoms with Crippen molar-refractivity contribution in [2.24, 2.45) is 17.8 Å². The van der Waals surface area contributed by atoms with Gasteiger partial charge in [0.25, 0.3) is 0 Å². The lowest BCUT2D eigenvalue weighted by Gasteiger charge is -2.43. The van der Waals surface area contributed by atoms with E-state index in [0.29, 0.717) is 28.0 Å². The van der Waals surface area contributed by atoms with Crippen molar-refractivity contribution in [2.45, 2.75) is 31.2 Å². The van der Waals surface area contributed by atoms with Gasteiger partial charge in [0.1, 0.15) is 5.82 Å². The first-order valence-corrected chi connectivity index (χ1v) is 9.50. The van der Waals surface area contributed by atoms with Crippen molar-refractivity contribution in [3.63, 3.8) is 0 Å². The van der Waals surface area contributed by atoms with Crippen LogP contribution in [0.1, 0.15) is 52.7 Å². The van der Waals surface area contributed by atoms with Crippen molar-refractivity contribution in [3.05, 3.63) is 63.9 Å². The first-order valence-electron chi connectivity index (χ1n) is 9.12. The monoisotopic (exact) mass is 371 g/mol. The van der Waals surface area contributed by atoms with Crippen LogP contribution in [0.15, 0.2) is 36.4 Å². The van der Waals surface area contributed by atoms with Crippen LogP contribution < -0.4 is 5.32 Å². The minimum absolute atomic E-state index is 0.174. The molecular weight excluding hydrogens is 353 g/mol. The quantitative estimate of drug-likeness (QED) is 0.735. The van der Waals surface area contributed by atoms with Gasteiger partial charge in [0.2, 0.25) is 0 Å². The highest BCUT2D eigenvalue weighted by Crippen LogP contribution is 2.64. The van der Waals surface area contributed by atoms with E-state index in [9.17, 15) is 14.3 Å². The molecule has 2 fully saturated rings. The Hall–Kier alpha value is -2.07. The number of benzene rings is 2. The van der Waals surface area contributed by atoms with Gasteiger partial charge >= 0.3 is 5.97 Å². The van der Waals surface area contributed by atoms with Crippen molar-refractivity contribution >= 4 is 23.3 Å². The second-order valence-corrected chi connectivity index (χ2v) is 8.21. The Bertz CT molecular complexity index is 895. The molecule has 0 unspecified atom stereocenters. The highest BCUT2D eigenvalue weighted by molar-refractivity contribution is 6.31. The van der Waals surface area contributed by atoms with Crippen LogP contribution in [0.4, 0.5) is 10.1 Å². The molecule has 0 saturated heterocycles. The van der Waals surface area contributed by atoms with Crippen LogP contribution in [0, 0.1) is 23.6 Å². The number of halogens is 2. The van der Waals surface area contributed by atoms with Gasteiger partial charge in [-0.1, -0.05) is 17.7 Å². The van der Waals surface area contributed by atoms with E-state index >= 15 is 0 Å². The SMILES string of the molecule is O=C(O)c1ccc2c(c1)[C@@H]1[C@H]3CC[C@@H](C3)[C@H]1[C@@H](c1c(F)cccc1Cl)N2. The third kappa shape index (κ3) is 2.21. The third-order valence-electron chi connectivity index (χ3n) is 6.64. The maximum Gasteiger partial charge on any atom is 0.335 e. The largest absolute Gasteiger partial charge is 0.478 e. The summed E-state index contributed by atoms with van der Waals surface area (Å²) in [4.78, 5) is 11.4. The molecule has 1 aliphatic heterocycles. The molecule has 0 aromatic heterocycles. The Kier molecular flexibility index (Phi) is 3.54. The van der Waals surface area contributed by atoms with E-state index in [-0.39, 0.29) is 23.7 Å². The van der Waals surface area contributed by atoms with Crippen LogP contribution in [-0.2, 0) is 0 Å². The maximum absolute atomic E-state index is 14.7. The molecule has 0 amide bonds. The predicted molar refractivity (Wildman–Crippen MR) is 98.2 cm³/mol. The average Bonchev–Trinajstić information content (AvgIpc) is 3.23. The topological polar surface area (TPSA) is 49.3 Å². The van der Waals surface area contributed by atoms with E-state index in [2.05, 4.69) is 5.32 Å². The van der Waals surface area contributed by atoms with Crippen LogP contribution >= 0.6 is 11.6 Å². The number of carbonyl (C=O) groups is 1. The highest BCUT2D eigenvalue weighted by Gasteiger charge is 2.54. The molecule has 0 radical (unpaired) electrons. The van der Waals surface area contributed by atoms with E-state index in [1.807, 2.05) is 12.1 Å². The van der Waals surface area contributed by atoms with Crippen LogP contribution in [0.3, 0.4) is 0 Å². The lowest BCUT2D eigenvalue weighted by molar-refractivity contribution is 0.0696. The normalized spacial score (nSPS) is 31.2. The van der Waals surface area contributed by atoms with Gasteiger partial charge in [-0.2, -0.15) is 0 Å². The molecule has 2 bridgehead atoms. The minimum Gasteiger partial charge on any atom is -0.478 e. The van der Waals surface area contributed by atoms with E-state index in [1.165, 1.54) is 12.5 Å². The van der Waals surface area contributed by atoms with Crippen LogP contribution in [0.2, 0.25) is 5.02 Å². The smallest absolute Gasteiger partial charge is 0.335 e. The predicted octanol–water partition coefficient (Wildman–Crippen LogP) is 5.47. The molecule has 3 nitrogen and oxygen atoms in total. The van der Waals surface area contributed by atoms with Crippen LogP contribution in [-0.4, -0.2) is 11.1 Å². The Labute approximate surface area is 156 Å². The third-order valence-corrected chi connectivity index (χ3v) is 6.97. The Morgan fingerprint density at radius 2 is 2.00 bits per heavy atom. The lowest BCUT2D eigenvalue weighted by Crippen LogP contribution is -2.36. The average molecular weight is 372 g/mol. The number of aromatic carboxylic acids is 1. The van der Waals surface area contributed by atoms with Crippen molar-refractivity contribution in [1.82, 2.24) is 0 Å². The zero-order valence-corrected chi connectivity index (χ0v) is 14.8. The van der Waals surface area contributed by atoms with Gasteiger partial charge in [-0.05, 0) is 78.8 Å². The van der Waals surface area contributed by atoms with Crippen molar-refractivity contribution < 1.29 is 14.3 Å². The zero-order chi connectivity index (χ0) is 18.0. The number of fused-ring (bicyclic) bond motifs is 7. The van der Waals surface area contributed by atoms with Crippen molar-refractivity contribution in [3.8, 4) is 0 Å². The van der Waals surface area contributed by atoms with Crippen LogP contribution in [0.5, 0.6) is 0 Å². The molecule has 5 atom stereocenters. The maximum atomic E-state index is 14.7. The molecule has 2 aromatic carbocycles. The number of hydrogen-bond acceptors (Lipinski definition) is 2. The van der Waals surface area contributed by atoms with Crippen molar-refractivity contribution in [2.75, 3.05) is 5.32 Å². The standard InChI is InChI=1S/C21H19ClFNO2/c22-14-2-1-3-15(23)19(14)20-18-11-5-4-10(8-11)17(18)13-9-12(21(25)26)6-7-16(13)24-20/h1-3,6-7,9-11,17-18,20,24H,4-5,8H2,(H,25,26)/t10-,11-,17-,18+,20-/m0/s1. The van der Waals surface area contributed by atoms with E-state index in [1.54, 1.807) is 18.2 Å². The fourth-order valence-electron chi connectivity index (χ4n) is 5.72. The minimum atomic E-state index is -0.910. The number of carboxylic acid groups (broad SMARTS) is 1. The summed E-state index contributed by atoms with van der Waals surface area (Å²) in [6, 6.07) is 9.91. The molecule has 2 aromatic rings. The van der Waals surface area contributed by atoms with Gasteiger partial charge in [-0.25, -0.2) is 9.18 Å². The molecule has 3 aliphatic rings. The van der Waals surface area contributed by atoms with Crippen LogP contribution in [0.25, 0.3) is 0 Å². The van der Waals surface area contributed by atoms with Gasteiger partial charge in [-0.3, -0.25) is 0 Å². The Morgan fingerprint density at radius 3 is 2.77 bits per heavy atom. The summed E-state index contributed by atoms with van der Waals surface area (Å²) in [6.07, 6.45) is 3.46.